The molecule has 3 rings (SSSR count). The first kappa shape index (κ1) is 22.4. The first-order chi connectivity index (χ1) is 13.3. The van der Waals surface area contributed by atoms with Gasteiger partial charge in [0.05, 0.1) is 0 Å². The van der Waals surface area contributed by atoms with E-state index in [-0.39, 0.29) is 24.0 Å². The predicted molar refractivity (Wildman–Crippen MR) is 127 cm³/mol. The zero-order valence-corrected chi connectivity index (χ0v) is 19.2. The summed E-state index contributed by atoms with van der Waals surface area (Å²) < 4.78 is 0. The first-order valence-electron chi connectivity index (χ1n) is 9.93. The number of benzene rings is 1. The smallest absolute Gasteiger partial charge is 0.225 e. The van der Waals surface area contributed by atoms with Gasteiger partial charge in [-0.15, -0.1) is 24.0 Å². The molecular weight excluding hydrogens is 463 g/mol. The van der Waals surface area contributed by atoms with Gasteiger partial charge in [-0.2, -0.15) is 0 Å². The molecule has 1 saturated heterocycles. The molecule has 0 aliphatic carbocycles. The van der Waals surface area contributed by atoms with E-state index in [1.165, 1.54) is 11.1 Å². The van der Waals surface area contributed by atoms with Crippen molar-refractivity contribution in [3.05, 3.63) is 53.9 Å². The van der Waals surface area contributed by atoms with Crippen LogP contribution in [0.5, 0.6) is 0 Å². The molecule has 1 fully saturated rings. The van der Waals surface area contributed by atoms with E-state index < -0.39 is 0 Å². The van der Waals surface area contributed by atoms with Crippen molar-refractivity contribution in [3.8, 4) is 0 Å². The molecule has 1 aromatic carbocycles. The molecular formula is C21H31IN6. The molecule has 0 atom stereocenters. The summed E-state index contributed by atoms with van der Waals surface area (Å²) >= 11 is 0. The highest BCUT2D eigenvalue weighted by Gasteiger charge is 2.20. The highest BCUT2D eigenvalue weighted by Crippen LogP contribution is 2.10. The minimum absolute atomic E-state index is 0. The van der Waals surface area contributed by atoms with Crippen LogP contribution in [0.3, 0.4) is 0 Å². The van der Waals surface area contributed by atoms with Crippen LogP contribution in [0.15, 0.2) is 47.7 Å². The van der Waals surface area contributed by atoms with Crippen LogP contribution >= 0.6 is 24.0 Å². The fourth-order valence-corrected chi connectivity index (χ4v) is 3.23. The molecule has 1 N–H and O–H groups in total. The Hall–Kier alpha value is -1.90. The highest BCUT2D eigenvalue weighted by atomic mass is 127. The number of nitrogens with zero attached hydrogens (tertiary/aromatic N) is 5. The molecule has 0 amide bonds. The lowest BCUT2D eigenvalue weighted by atomic mass is 10.1. The van der Waals surface area contributed by atoms with E-state index in [1.807, 2.05) is 6.07 Å². The van der Waals surface area contributed by atoms with Gasteiger partial charge in [0.2, 0.25) is 5.95 Å². The lowest BCUT2D eigenvalue weighted by Crippen LogP contribution is -2.53. The van der Waals surface area contributed by atoms with E-state index in [2.05, 4.69) is 63.2 Å². The van der Waals surface area contributed by atoms with E-state index in [0.29, 0.717) is 0 Å². The number of piperazine rings is 1. The van der Waals surface area contributed by atoms with Crippen molar-refractivity contribution in [2.75, 3.05) is 44.2 Å². The van der Waals surface area contributed by atoms with Crippen LogP contribution < -0.4 is 10.2 Å². The van der Waals surface area contributed by atoms with E-state index in [1.54, 1.807) is 12.4 Å². The van der Waals surface area contributed by atoms with E-state index in [0.717, 1.165) is 64.0 Å². The fourth-order valence-electron chi connectivity index (χ4n) is 3.23. The molecule has 7 heteroatoms. The van der Waals surface area contributed by atoms with E-state index in [4.69, 9.17) is 4.99 Å². The average Bonchev–Trinajstić information content (AvgIpc) is 2.74. The Bertz CT molecular complexity index is 711. The monoisotopic (exact) mass is 494 g/mol. The Morgan fingerprint density at radius 2 is 1.64 bits per heavy atom. The number of anilines is 1. The van der Waals surface area contributed by atoms with Gasteiger partial charge in [-0.05, 0) is 37.0 Å². The number of nitrogens with one attached hydrogen (secondary N) is 1. The highest BCUT2D eigenvalue weighted by molar-refractivity contribution is 14.0. The summed E-state index contributed by atoms with van der Waals surface area (Å²) in [7, 11) is 0. The summed E-state index contributed by atoms with van der Waals surface area (Å²) in [5, 5.41) is 3.44. The Balaban J connectivity index is 0.00000280. The molecule has 0 saturated carbocycles. The molecule has 28 heavy (non-hydrogen) atoms. The fraction of sp³-hybridized carbons (Fsp3) is 0.476. The zero-order chi connectivity index (χ0) is 18.9. The average molecular weight is 494 g/mol. The van der Waals surface area contributed by atoms with Crippen LogP contribution in [-0.2, 0) is 12.8 Å². The second-order valence-corrected chi connectivity index (χ2v) is 6.68. The van der Waals surface area contributed by atoms with Gasteiger partial charge in [-0.25, -0.2) is 9.97 Å². The number of hydrogen-bond donors (Lipinski definition) is 1. The maximum Gasteiger partial charge on any atom is 0.225 e. The second-order valence-electron chi connectivity index (χ2n) is 6.68. The van der Waals surface area contributed by atoms with Crippen LogP contribution in [0.4, 0.5) is 5.95 Å². The number of aromatic nitrogens is 2. The van der Waals surface area contributed by atoms with Crippen molar-refractivity contribution in [1.82, 2.24) is 20.2 Å². The molecule has 1 aliphatic heterocycles. The van der Waals surface area contributed by atoms with Gasteiger partial charge in [-0.3, -0.25) is 4.99 Å². The Labute approximate surface area is 185 Å². The number of aliphatic imine (C=N–C) groups is 1. The molecule has 2 aromatic rings. The Morgan fingerprint density at radius 3 is 2.25 bits per heavy atom. The van der Waals surface area contributed by atoms with E-state index in [9.17, 15) is 0 Å². The largest absolute Gasteiger partial charge is 0.357 e. The molecule has 0 spiro atoms. The van der Waals surface area contributed by atoms with Crippen molar-refractivity contribution in [1.29, 1.82) is 0 Å². The molecule has 2 heterocycles. The lowest BCUT2D eigenvalue weighted by Gasteiger charge is -2.36. The standard InChI is InChI=1S/C21H30N6.HI/c1-3-18-6-8-19(9-7-18)10-13-25-20(22-4-2)26-14-16-27(17-15-26)21-23-11-5-12-24-21;/h5-9,11-12H,3-4,10,13-17H2,1-2H3,(H,22,25);1H. The topological polar surface area (TPSA) is 56.7 Å². The van der Waals surface area contributed by atoms with Gasteiger partial charge in [0.25, 0.3) is 0 Å². The van der Waals surface area contributed by atoms with Gasteiger partial charge in [0.1, 0.15) is 0 Å². The minimum atomic E-state index is 0. The van der Waals surface area contributed by atoms with Crippen molar-refractivity contribution in [2.45, 2.75) is 26.7 Å². The molecule has 0 bridgehead atoms. The van der Waals surface area contributed by atoms with Crippen LogP contribution in [-0.4, -0.2) is 60.1 Å². The number of rotatable bonds is 6. The van der Waals surface area contributed by atoms with Crippen LogP contribution in [0.1, 0.15) is 25.0 Å². The maximum atomic E-state index is 4.85. The van der Waals surface area contributed by atoms with Gasteiger partial charge in [0.15, 0.2) is 5.96 Å². The third-order valence-corrected chi connectivity index (χ3v) is 4.84. The quantitative estimate of drug-likeness (QED) is 0.380. The van der Waals surface area contributed by atoms with Crippen molar-refractivity contribution in [3.63, 3.8) is 0 Å². The lowest BCUT2D eigenvalue weighted by molar-refractivity contribution is 0.370. The number of halogens is 1. The molecule has 152 valence electrons. The third-order valence-electron chi connectivity index (χ3n) is 4.84. The van der Waals surface area contributed by atoms with Gasteiger partial charge in [0, 0.05) is 51.7 Å². The summed E-state index contributed by atoms with van der Waals surface area (Å²) in [5.74, 6) is 1.82. The predicted octanol–water partition coefficient (Wildman–Crippen LogP) is 2.99. The molecule has 0 radical (unpaired) electrons. The van der Waals surface area contributed by atoms with Crippen molar-refractivity contribution >= 4 is 35.9 Å². The summed E-state index contributed by atoms with van der Waals surface area (Å²) in [5.41, 5.74) is 2.73. The third kappa shape index (κ3) is 6.32. The molecule has 0 unspecified atom stereocenters. The summed E-state index contributed by atoms with van der Waals surface area (Å²) in [6, 6.07) is 10.7. The van der Waals surface area contributed by atoms with Crippen molar-refractivity contribution < 1.29 is 0 Å². The molecule has 1 aromatic heterocycles. The van der Waals surface area contributed by atoms with Crippen LogP contribution in [0.25, 0.3) is 0 Å². The normalized spacial score (nSPS) is 14.6. The number of aryl methyl sites for hydroxylation is 1. The van der Waals surface area contributed by atoms with Gasteiger partial charge < -0.3 is 15.1 Å². The summed E-state index contributed by atoms with van der Waals surface area (Å²) in [4.78, 5) is 18.1. The summed E-state index contributed by atoms with van der Waals surface area (Å²) in [6.45, 7) is 9.66. The summed E-state index contributed by atoms with van der Waals surface area (Å²) in [6.07, 6.45) is 5.65. The van der Waals surface area contributed by atoms with Crippen LogP contribution in [0, 0.1) is 0 Å². The minimum Gasteiger partial charge on any atom is -0.357 e. The zero-order valence-electron chi connectivity index (χ0n) is 16.8. The SMILES string of the molecule is CCNC(=NCCc1ccc(CC)cc1)N1CCN(c2ncccn2)CC1.I. The number of guanidine groups is 1. The Morgan fingerprint density at radius 1 is 1.00 bits per heavy atom. The van der Waals surface area contributed by atoms with Gasteiger partial charge >= 0.3 is 0 Å². The first-order valence-corrected chi connectivity index (χ1v) is 9.93. The Kier molecular flexibility index (Phi) is 9.46. The molecule has 6 nitrogen and oxygen atoms in total. The number of hydrogen-bond acceptors (Lipinski definition) is 4. The van der Waals surface area contributed by atoms with Crippen LogP contribution in [0.2, 0.25) is 0 Å². The van der Waals surface area contributed by atoms with Crippen molar-refractivity contribution in [2.24, 2.45) is 4.99 Å². The van der Waals surface area contributed by atoms with Gasteiger partial charge in [-0.1, -0.05) is 31.2 Å². The molecule has 1 aliphatic rings. The second kappa shape index (κ2) is 11.8. The maximum absolute atomic E-state index is 4.85. The van der Waals surface area contributed by atoms with E-state index >= 15 is 0 Å².